The number of halogens is 1. The zero-order chi connectivity index (χ0) is 24.0. The second-order valence-corrected chi connectivity index (χ2v) is 7.55. The molecule has 2 aliphatic heterocycles. The molecule has 1 saturated heterocycles. The van der Waals surface area contributed by atoms with E-state index in [9.17, 15) is 24.5 Å². The first-order chi connectivity index (χ1) is 16.3. The molecular formula is C22H12ClN3O8. The minimum atomic E-state index is -0.911. The normalized spacial score (nSPS) is 16.2. The van der Waals surface area contributed by atoms with Crippen LogP contribution in [-0.2, 0) is 9.59 Å². The molecule has 3 aromatic rings. The molecule has 0 unspecified atom stereocenters. The van der Waals surface area contributed by atoms with Gasteiger partial charge in [0, 0.05) is 11.1 Å². The van der Waals surface area contributed by atoms with E-state index in [0.717, 1.165) is 11.0 Å². The van der Waals surface area contributed by atoms with E-state index < -0.39 is 22.8 Å². The van der Waals surface area contributed by atoms with Gasteiger partial charge in [-0.2, -0.15) is 0 Å². The van der Waals surface area contributed by atoms with Gasteiger partial charge in [-0.3, -0.25) is 25.0 Å². The number of imide groups is 2. The van der Waals surface area contributed by atoms with Gasteiger partial charge in [-0.25, -0.2) is 9.69 Å². The highest BCUT2D eigenvalue weighted by atomic mass is 35.5. The first-order valence-corrected chi connectivity index (χ1v) is 10.0. The quantitative estimate of drug-likeness (QED) is 0.256. The third-order valence-corrected chi connectivity index (χ3v) is 5.30. The molecule has 34 heavy (non-hydrogen) atoms. The Morgan fingerprint density at radius 2 is 1.74 bits per heavy atom. The van der Waals surface area contributed by atoms with Crippen LogP contribution in [0.3, 0.4) is 0 Å². The fraction of sp³-hybridized carbons (Fsp3) is 0.0455. The number of barbiturate groups is 1. The average molecular weight is 482 g/mol. The van der Waals surface area contributed by atoms with Crippen LogP contribution in [0.4, 0.5) is 16.2 Å². The molecule has 2 aliphatic rings. The lowest BCUT2D eigenvalue weighted by atomic mass is 10.1. The number of hydrogen-bond donors (Lipinski definition) is 1. The van der Waals surface area contributed by atoms with E-state index in [0.29, 0.717) is 10.8 Å². The molecular weight excluding hydrogens is 470 g/mol. The van der Waals surface area contributed by atoms with Crippen molar-refractivity contribution >= 4 is 46.9 Å². The van der Waals surface area contributed by atoms with Crippen molar-refractivity contribution < 1.29 is 33.2 Å². The Labute approximate surface area is 195 Å². The molecule has 5 rings (SSSR count). The van der Waals surface area contributed by atoms with Gasteiger partial charge in [0.1, 0.15) is 17.1 Å². The number of anilines is 1. The van der Waals surface area contributed by atoms with Crippen molar-refractivity contribution in [3.63, 3.8) is 0 Å². The fourth-order valence-corrected chi connectivity index (χ4v) is 3.61. The van der Waals surface area contributed by atoms with E-state index in [1.807, 2.05) is 0 Å². The number of carbonyl (C=O) groups is 3. The second kappa shape index (κ2) is 8.05. The number of urea groups is 1. The first kappa shape index (κ1) is 21.2. The summed E-state index contributed by atoms with van der Waals surface area (Å²) in [5.41, 5.74) is -0.308. The van der Waals surface area contributed by atoms with Crippen molar-refractivity contribution in [2.45, 2.75) is 0 Å². The highest BCUT2D eigenvalue weighted by Gasteiger charge is 2.37. The summed E-state index contributed by atoms with van der Waals surface area (Å²) in [6.07, 6.45) is 1.15. The molecule has 0 saturated carbocycles. The summed E-state index contributed by atoms with van der Waals surface area (Å²) < 4.78 is 16.1. The standard InChI is InChI=1S/C22H12ClN3O8/c23-11-1-3-12(4-2-11)25-21(28)15(20(27)24-22(25)29)7-13-5-6-17(34-13)14-8-18-19(33-10-32-18)9-16(14)26(30)31/h1-9H,10H2,(H,24,27,29)/b15-7-. The number of nitrogens with one attached hydrogen (secondary N) is 1. The van der Waals surface area contributed by atoms with Crippen molar-refractivity contribution in [3.05, 3.63) is 75.0 Å². The molecule has 0 aliphatic carbocycles. The van der Waals surface area contributed by atoms with Crippen molar-refractivity contribution in [3.8, 4) is 22.8 Å². The Hall–Kier alpha value is -4.64. The number of hydrogen-bond acceptors (Lipinski definition) is 8. The topological polar surface area (TPSA) is 141 Å². The summed E-state index contributed by atoms with van der Waals surface area (Å²) in [4.78, 5) is 49.4. The van der Waals surface area contributed by atoms with E-state index in [1.54, 1.807) is 0 Å². The number of fused-ring (bicyclic) bond motifs is 1. The Kier molecular flexibility index (Phi) is 5.02. The highest BCUT2D eigenvalue weighted by molar-refractivity contribution is 6.39. The Balaban J connectivity index is 1.50. The molecule has 4 amide bonds. The summed E-state index contributed by atoms with van der Waals surface area (Å²) in [5, 5.41) is 14.0. The van der Waals surface area contributed by atoms with Gasteiger partial charge in [-0.1, -0.05) is 11.6 Å². The van der Waals surface area contributed by atoms with Crippen LogP contribution >= 0.6 is 11.6 Å². The smallest absolute Gasteiger partial charge is 0.335 e. The number of rotatable bonds is 4. The van der Waals surface area contributed by atoms with Crippen LogP contribution in [0.15, 0.2) is 58.5 Å². The van der Waals surface area contributed by atoms with Crippen molar-refractivity contribution in [2.24, 2.45) is 0 Å². The van der Waals surface area contributed by atoms with Crippen LogP contribution in [0, 0.1) is 10.1 Å². The summed E-state index contributed by atoms with van der Waals surface area (Å²) in [6.45, 7) is -0.0640. The molecule has 0 spiro atoms. The largest absolute Gasteiger partial charge is 0.456 e. The molecule has 1 N–H and O–H groups in total. The van der Waals surface area contributed by atoms with E-state index in [1.165, 1.54) is 48.5 Å². The molecule has 3 heterocycles. The molecule has 0 bridgehead atoms. The third-order valence-electron chi connectivity index (χ3n) is 5.05. The number of furan rings is 1. The maximum absolute atomic E-state index is 13.0. The number of nitro benzene ring substituents is 1. The SMILES string of the molecule is O=C1NC(=O)N(c2ccc(Cl)cc2)C(=O)/C1=C\c1ccc(-c2cc3c(cc2[N+](=O)[O-])OCO3)o1. The molecule has 1 aromatic heterocycles. The van der Waals surface area contributed by atoms with Crippen LogP contribution in [0.1, 0.15) is 5.76 Å². The molecule has 0 radical (unpaired) electrons. The van der Waals surface area contributed by atoms with Crippen LogP contribution in [-0.4, -0.2) is 29.6 Å². The van der Waals surface area contributed by atoms with Crippen molar-refractivity contribution in [2.75, 3.05) is 11.7 Å². The average Bonchev–Trinajstić information content (AvgIpc) is 3.46. The third kappa shape index (κ3) is 3.63. The summed E-state index contributed by atoms with van der Waals surface area (Å²) in [6, 6.07) is 10.5. The van der Waals surface area contributed by atoms with Gasteiger partial charge in [-0.05, 0) is 42.5 Å². The van der Waals surface area contributed by atoms with Crippen molar-refractivity contribution in [1.29, 1.82) is 0 Å². The first-order valence-electron chi connectivity index (χ1n) is 9.67. The zero-order valence-corrected chi connectivity index (χ0v) is 17.7. The Bertz CT molecular complexity index is 1410. The molecule has 0 atom stereocenters. The fourth-order valence-electron chi connectivity index (χ4n) is 3.48. The van der Waals surface area contributed by atoms with Gasteiger partial charge in [0.25, 0.3) is 17.5 Å². The molecule has 11 nitrogen and oxygen atoms in total. The number of nitro groups is 1. The summed E-state index contributed by atoms with van der Waals surface area (Å²) in [5.74, 6) is -1.07. The monoisotopic (exact) mass is 481 g/mol. The number of benzene rings is 2. The summed E-state index contributed by atoms with van der Waals surface area (Å²) >= 11 is 5.86. The highest BCUT2D eigenvalue weighted by Crippen LogP contribution is 2.42. The molecule has 170 valence electrons. The number of amides is 4. The number of ether oxygens (including phenoxy) is 2. The molecule has 12 heteroatoms. The van der Waals surface area contributed by atoms with Crippen LogP contribution < -0.4 is 19.7 Å². The Morgan fingerprint density at radius 3 is 2.44 bits per heavy atom. The van der Waals surface area contributed by atoms with Gasteiger partial charge in [0.05, 0.1) is 22.2 Å². The minimum absolute atomic E-state index is 0.0610. The van der Waals surface area contributed by atoms with E-state index in [4.69, 9.17) is 25.5 Å². The van der Waals surface area contributed by atoms with E-state index in [2.05, 4.69) is 5.32 Å². The van der Waals surface area contributed by atoms with Crippen molar-refractivity contribution in [1.82, 2.24) is 5.32 Å². The van der Waals surface area contributed by atoms with E-state index in [-0.39, 0.29) is 46.6 Å². The van der Waals surface area contributed by atoms with Crippen LogP contribution in [0.2, 0.25) is 5.02 Å². The summed E-state index contributed by atoms with van der Waals surface area (Å²) in [7, 11) is 0. The van der Waals surface area contributed by atoms with Gasteiger partial charge in [0.2, 0.25) is 6.79 Å². The second-order valence-electron chi connectivity index (χ2n) is 7.12. The lowest BCUT2D eigenvalue weighted by Gasteiger charge is -2.26. The molecule has 2 aromatic carbocycles. The maximum atomic E-state index is 13.0. The predicted octanol–water partition coefficient (Wildman–Crippen LogP) is 3.90. The van der Waals surface area contributed by atoms with Gasteiger partial charge in [0.15, 0.2) is 11.5 Å². The molecule has 1 fully saturated rings. The van der Waals surface area contributed by atoms with Crippen LogP contribution in [0.25, 0.3) is 17.4 Å². The van der Waals surface area contributed by atoms with Gasteiger partial charge >= 0.3 is 6.03 Å². The van der Waals surface area contributed by atoms with Gasteiger partial charge in [-0.15, -0.1) is 0 Å². The predicted molar refractivity (Wildman–Crippen MR) is 117 cm³/mol. The number of carbonyl (C=O) groups excluding carboxylic acids is 3. The maximum Gasteiger partial charge on any atom is 0.335 e. The van der Waals surface area contributed by atoms with E-state index >= 15 is 0 Å². The lowest BCUT2D eigenvalue weighted by Crippen LogP contribution is -2.54. The van der Waals surface area contributed by atoms with Gasteiger partial charge < -0.3 is 13.9 Å². The number of nitrogens with zero attached hydrogens (tertiary/aromatic N) is 2. The van der Waals surface area contributed by atoms with Crippen LogP contribution in [0.5, 0.6) is 11.5 Å². The Morgan fingerprint density at radius 1 is 1.03 bits per heavy atom. The lowest BCUT2D eigenvalue weighted by molar-refractivity contribution is -0.384. The zero-order valence-electron chi connectivity index (χ0n) is 16.9. The minimum Gasteiger partial charge on any atom is -0.456 e.